The van der Waals surface area contributed by atoms with E-state index in [1.165, 1.54) is 55.9 Å². The Hall–Kier alpha value is -1.22. The number of para-hydroxylation sites is 2. The normalized spacial score (nSPS) is 22.3. The zero-order valence-corrected chi connectivity index (χ0v) is 10.6. The minimum absolute atomic E-state index is 1.00. The lowest BCUT2D eigenvalue weighted by Crippen LogP contribution is -2.65. The Bertz CT molecular complexity index is 391. The molecule has 17 heavy (non-hydrogen) atoms. The predicted octanol–water partition coefficient (Wildman–Crippen LogP) is 1.74. The minimum atomic E-state index is 1.00. The van der Waals surface area contributed by atoms with Crippen LogP contribution in [0, 0.1) is 0 Å². The van der Waals surface area contributed by atoms with Crippen LogP contribution in [0.15, 0.2) is 24.3 Å². The van der Waals surface area contributed by atoms with Gasteiger partial charge in [0.1, 0.15) is 5.75 Å². The van der Waals surface area contributed by atoms with Gasteiger partial charge in [0.25, 0.3) is 0 Å². The third kappa shape index (κ3) is 1.89. The molecule has 2 aliphatic rings. The van der Waals surface area contributed by atoms with Crippen molar-refractivity contribution in [2.24, 2.45) is 0 Å². The van der Waals surface area contributed by atoms with Crippen molar-refractivity contribution in [1.29, 1.82) is 0 Å². The predicted molar refractivity (Wildman–Crippen MR) is 69.6 cm³/mol. The molecular formula is C14H21N2O+. The lowest BCUT2D eigenvalue weighted by atomic mass is 10.1. The fraction of sp³-hybridized carbons (Fsp3) is 0.571. The van der Waals surface area contributed by atoms with Crippen molar-refractivity contribution in [3.63, 3.8) is 0 Å². The zero-order valence-electron chi connectivity index (χ0n) is 10.6. The highest BCUT2D eigenvalue weighted by Crippen LogP contribution is 2.31. The van der Waals surface area contributed by atoms with E-state index in [1.807, 2.05) is 6.07 Å². The molecular weight excluding hydrogens is 212 g/mol. The van der Waals surface area contributed by atoms with Gasteiger partial charge < -0.3 is 14.1 Å². The van der Waals surface area contributed by atoms with Crippen LogP contribution in [0.5, 0.6) is 5.75 Å². The molecule has 0 amide bonds. The summed E-state index contributed by atoms with van der Waals surface area (Å²) in [5, 5.41) is 0. The van der Waals surface area contributed by atoms with Crippen molar-refractivity contribution in [3.8, 4) is 5.75 Å². The topological polar surface area (TPSA) is 12.5 Å². The summed E-state index contributed by atoms with van der Waals surface area (Å²) in [5.74, 6) is 1.00. The van der Waals surface area contributed by atoms with Gasteiger partial charge in [0.15, 0.2) is 0 Å². The molecule has 0 N–H and O–H groups in total. The Morgan fingerprint density at radius 1 is 1.06 bits per heavy atom. The van der Waals surface area contributed by atoms with Crippen molar-refractivity contribution in [2.45, 2.75) is 6.42 Å². The summed E-state index contributed by atoms with van der Waals surface area (Å²) < 4.78 is 6.81. The summed E-state index contributed by atoms with van der Waals surface area (Å²) in [6.45, 7) is 7.75. The van der Waals surface area contributed by atoms with Crippen LogP contribution in [0.1, 0.15) is 6.42 Å². The van der Waals surface area contributed by atoms with Crippen LogP contribution in [0.3, 0.4) is 0 Å². The number of hydrogen-bond acceptors (Lipinski definition) is 2. The summed E-state index contributed by atoms with van der Waals surface area (Å²) in [5.41, 5.74) is 1.26. The monoisotopic (exact) mass is 233 g/mol. The first-order chi connectivity index (χ1) is 8.33. The standard InChI is InChI=1S/C14H21N2O/c1-17-14-6-3-2-5-13(14)15-7-11-16(12-8-15)9-4-10-16/h2-3,5-6H,4,7-12H2,1H3/q+1. The Labute approximate surface area is 103 Å². The molecule has 0 atom stereocenters. The summed E-state index contributed by atoms with van der Waals surface area (Å²) >= 11 is 0. The number of anilines is 1. The van der Waals surface area contributed by atoms with Crippen LogP contribution in [0.25, 0.3) is 0 Å². The molecule has 1 spiro atoms. The van der Waals surface area contributed by atoms with Crippen LogP contribution in [0.2, 0.25) is 0 Å². The molecule has 1 aromatic rings. The molecule has 3 nitrogen and oxygen atoms in total. The molecule has 0 unspecified atom stereocenters. The molecule has 2 fully saturated rings. The average molecular weight is 233 g/mol. The molecule has 0 radical (unpaired) electrons. The highest BCUT2D eigenvalue weighted by molar-refractivity contribution is 5.58. The highest BCUT2D eigenvalue weighted by atomic mass is 16.5. The molecule has 2 saturated heterocycles. The maximum absolute atomic E-state index is 5.44. The number of methoxy groups -OCH3 is 1. The third-order valence-electron chi connectivity index (χ3n) is 4.38. The number of ether oxygens (including phenoxy) is 1. The van der Waals surface area contributed by atoms with Crippen molar-refractivity contribution in [2.75, 3.05) is 51.3 Å². The van der Waals surface area contributed by atoms with Gasteiger partial charge in [-0.1, -0.05) is 12.1 Å². The third-order valence-corrected chi connectivity index (χ3v) is 4.38. The first-order valence-corrected chi connectivity index (χ1v) is 6.56. The van der Waals surface area contributed by atoms with E-state index >= 15 is 0 Å². The number of piperazine rings is 1. The SMILES string of the molecule is COc1ccccc1N1CC[N+]2(CCC2)CC1. The molecule has 0 aromatic heterocycles. The van der Waals surface area contributed by atoms with E-state index in [1.54, 1.807) is 7.11 Å². The van der Waals surface area contributed by atoms with Gasteiger partial charge in [0, 0.05) is 6.42 Å². The summed E-state index contributed by atoms with van der Waals surface area (Å²) in [6, 6.07) is 8.36. The van der Waals surface area contributed by atoms with Crippen LogP contribution in [-0.2, 0) is 0 Å². The number of rotatable bonds is 2. The Balaban J connectivity index is 1.73. The zero-order chi connectivity index (χ0) is 11.7. The fourth-order valence-corrected chi connectivity index (χ4v) is 3.07. The van der Waals surface area contributed by atoms with Crippen molar-refractivity contribution >= 4 is 5.69 Å². The van der Waals surface area contributed by atoms with Crippen molar-refractivity contribution in [3.05, 3.63) is 24.3 Å². The molecule has 92 valence electrons. The van der Waals surface area contributed by atoms with E-state index < -0.39 is 0 Å². The molecule has 0 saturated carbocycles. The first kappa shape index (κ1) is 10.9. The molecule has 0 bridgehead atoms. The smallest absolute Gasteiger partial charge is 0.142 e. The minimum Gasteiger partial charge on any atom is -0.495 e. The van der Waals surface area contributed by atoms with Crippen molar-refractivity contribution < 1.29 is 9.22 Å². The number of quaternary nitrogens is 1. The van der Waals surface area contributed by atoms with E-state index in [2.05, 4.69) is 23.1 Å². The molecule has 1 aromatic carbocycles. The van der Waals surface area contributed by atoms with Crippen LogP contribution in [-0.4, -0.2) is 50.9 Å². The van der Waals surface area contributed by atoms with Crippen LogP contribution < -0.4 is 9.64 Å². The van der Waals surface area contributed by atoms with E-state index in [0.717, 1.165) is 5.75 Å². The second kappa shape index (κ2) is 4.22. The van der Waals surface area contributed by atoms with Crippen LogP contribution in [0.4, 0.5) is 5.69 Å². The lowest BCUT2D eigenvalue weighted by Gasteiger charge is -2.50. The van der Waals surface area contributed by atoms with Gasteiger partial charge >= 0.3 is 0 Å². The number of hydrogen-bond donors (Lipinski definition) is 0. The summed E-state index contributed by atoms with van der Waals surface area (Å²) in [6.07, 6.45) is 1.43. The van der Waals surface area contributed by atoms with E-state index in [9.17, 15) is 0 Å². The Kier molecular flexibility index (Phi) is 2.71. The lowest BCUT2D eigenvalue weighted by molar-refractivity contribution is -0.964. The molecule has 3 heteroatoms. The first-order valence-electron chi connectivity index (χ1n) is 6.56. The van der Waals surface area contributed by atoms with Crippen LogP contribution >= 0.6 is 0 Å². The maximum Gasteiger partial charge on any atom is 0.142 e. The quantitative estimate of drug-likeness (QED) is 0.721. The Morgan fingerprint density at radius 3 is 2.35 bits per heavy atom. The van der Waals surface area contributed by atoms with Gasteiger partial charge in [-0.15, -0.1) is 0 Å². The highest BCUT2D eigenvalue weighted by Gasteiger charge is 2.38. The second-order valence-electron chi connectivity index (χ2n) is 5.25. The van der Waals surface area contributed by atoms with Gasteiger partial charge in [-0.3, -0.25) is 0 Å². The molecule has 2 heterocycles. The van der Waals surface area contributed by atoms with Gasteiger partial charge in [-0.25, -0.2) is 0 Å². The largest absolute Gasteiger partial charge is 0.495 e. The number of benzene rings is 1. The number of nitrogens with zero attached hydrogens (tertiary/aromatic N) is 2. The second-order valence-corrected chi connectivity index (χ2v) is 5.25. The molecule has 2 aliphatic heterocycles. The average Bonchev–Trinajstić information content (AvgIpc) is 2.37. The fourth-order valence-electron chi connectivity index (χ4n) is 3.07. The summed E-state index contributed by atoms with van der Waals surface area (Å²) in [4.78, 5) is 2.47. The van der Waals surface area contributed by atoms with Gasteiger partial charge in [-0.05, 0) is 12.1 Å². The van der Waals surface area contributed by atoms with Gasteiger partial charge in [-0.2, -0.15) is 0 Å². The summed E-state index contributed by atoms with van der Waals surface area (Å²) in [7, 11) is 1.76. The van der Waals surface area contributed by atoms with E-state index in [0.29, 0.717) is 0 Å². The molecule has 0 aliphatic carbocycles. The van der Waals surface area contributed by atoms with E-state index in [-0.39, 0.29) is 0 Å². The van der Waals surface area contributed by atoms with Crippen molar-refractivity contribution in [1.82, 2.24) is 0 Å². The molecule has 3 rings (SSSR count). The van der Waals surface area contributed by atoms with Gasteiger partial charge in [0.05, 0.1) is 52.1 Å². The van der Waals surface area contributed by atoms with Gasteiger partial charge in [0.2, 0.25) is 0 Å². The maximum atomic E-state index is 5.44. The Morgan fingerprint density at radius 2 is 1.76 bits per heavy atom. The van der Waals surface area contributed by atoms with E-state index in [4.69, 9.17) is 4.74 Å².